The van der Waals surface area contributed by atoms with E-state index in [-0.39, 0.29) is 18.6 Å². The Balaban J connectivity index is 2.00. The van der Waals surface area contributed by atoms with E-state index in [2.05, 4.69) is 5.32 Å². The van der Waals surface area contributed by atoms with Crippen molar-refractivity contribution in [2.24, 2.45) is 5.92 Å². The van der Waals surface area contributed by atoms with Crippen molar-refractivity contribution in [2.75, 3.05) is 13.7 Å². The van der Waals surface area contributed by atoms with Gasteiger partial charge in [0.25, 0.3) is 5.91 Å². The van der Waals surface area contributed by atoms with E-state index in [0.717, 1.165) is 19.3 Å². The Morgan fingerprint density at radius 1 is 1.28 bits per heavy atom. The number of amides is 1. The van der Waals surface area contributed by atoms with E-state index in [1.807, 2.05) is 6.92 Å². The van der Waals surface area contributed by atoms with Crippen LogP contribution >= 0.6 is 0 Å². The lowest BCUT2D eigenvalue weighted by Crippen LogP contribution is -2.32. The summed E-state index contributed by atoms with van der Waals surface area (Å²) in [6.07, 6.45) is 5.94. The number of benzene rings is 1. The molecule has 0 aromatic heterocycles. The topological polar surface area (TPSA) is 84.9 Å². The molecule has 1 aromatic carbocycles. The van der Waals surface area contributed by atoms with Crippen LogP contribution in [0.2, 0.25) is 0 Å². The van der Waals surface area contributed by atoms with Crippen molar-refractivity contribution in [3.05, 3.63) is 23.8 Å². The maximum atomic E-state index is 12.3. The molecule has 2 N–H and O–H groups in total. The average molecular weight is 349 g/mol. The van der Waals surface area contributed by atoms with Crippen LogP contribution in [0.5, 0.6) is 11.5 Å². The third-order valence-corrected chi connectivity index (χ3v) is 4.52. The van der Waals surface area contributed by atoms with Crippen LogP contribution in [0.1, 0.15) is 55.8 Å². The summed E-state index contributed by atoms with van der Waals surface area (Å²) in [7, 11) is 1.54. The van der Waals surface area contributed by atoms with Crippen LogP contribution in [0.25, 0.3) is 0 Å². The molecule has 0 heterocycles. The quantitative estimate of drug-likeness (QED) is 0.715. The summed E-state index contributed by atoms with van der Waals surface area (Å²) in [6, 6.07) is 5.06. The number of carboxylic acids is 1. The number of carbonyl (C=O) groups is 2. The molecule has 0 radical (unpaired) electrons. The van der Waals surface area contributed by atoms with Crippen LogP contribution in [0.4, 0.5) is 0 Å². The van der Waals surface area contributed by atoms with Gasteiger partial charge in [-0.15, -0.1) is 0 Å². The highest BCUT2D eigenvalue weighted by atomic mass is 16.5. The molecule has 1 aliphatic rings. The zero-order valence-corrected chi connectivity index (χ0v) is 14.9. The van der Waals surface area contributed by atoms with Crippen LogP contribution in [-0.2, 0) is 4.79 Å². The van der Waals surface area contributed by atoms with Crippen LogP contribution < -0.4 is 14.8 Å². The predicted octanol–water partition coefficient (Wildman–Crippen LogP) is 3.25. The summed E-state index contributed by atoms with van der Waals surface area (Å²) in [5.74, 6) is -0.614. The summed E-state index contributed by atoms with van der Waals surface area (Å²) in [4.78, 5) is 23.5. The molecule has 0 bridgehead atoms. The van der Waals surface area contributed by atoms with Gasteiger partial charge in [-0.3, -0.25) is 9.59 Å². The molecule has 2 rings (SSSR count). The second kappa shape index (κ2) is 9.30. The van der Waals surface area contributed by atoms with Crippen LogP contribution in [-0.4, -0.2) is 36.7 Å². The van der Waals surface area contributed by atoms with Crippen LogP contribution in [0.15, 0.2) is 18.2 Å². The smallest absolute Gasteiger partial charge is 0.308 e. The van der Waals surface area contributed by atoms with Gasteiger partial charge in [-0.25, -0.2) is 0 Å². The standard InChI is InChI=1S/C19H27NO5/c1-3-6-14(19(22)23)12-20-18(21)13-9-10-16(17(11-13)24-2)25-15-7-4-5-8-15/h9-11,14-15H,3-8,12H2,1-2H3,(H,20,21)(H,22,23). The lowest BCUT2D eigenvalue weighted by Gasteiger charge is -2.17. The Hall–Kier alpha value is -2.24. The highest BCUT2D eigenvalue weighted by Gasteiger charge is 2.20. The van der Waals surface area contributed by atoms with E-state index >= 15 is 0 Å². The predicted molar refractivity (Wildman–Crippen MR) is 94.2 cm³/mol. The number of carbonyl (C=O) groups excluding carboxylic acids is 1. The van der Waals surface area contributed by atoms with E-state index in [9.17, 15) is 9.59 Å². The average Bonchev–Trinajstić information content (AvgIpc) is 3.11. The van der Waals surface area contributed by atoms with E-state index in [4.69, 9.17) is 14.6 Å². The van der Waals surface area contributed by atoms with Gasteiger partial charge in [-0.1, -0.05) is 13.3 Å². The van der Waals surface area contributed by atoms with Gasteiger partial charge < -0.3 is 19.9 Å². The van der Waals surface area contributed by atoms with Crippen molar-refractivity contribution in [1.29, 1.82) is 0 Å². The molecule has 0 spiro atoms. The number of aliphatic carboxylic acids is 1. The van der Waals surface area contributed by atoms with Crippen molar-refractivity contribution < 1.29 is 24.2 Å². The minimum Gasteiger partial charge on any atom is -0.493 e. The highest BCUT2D eigenvalue weighted by Crippen LogP contribution is 2.32. The van der Waals surface area contributed by atoms with E-state index in [0.29, 0.717) is 23.5 Å². The van der Waals surface area contributed by atoms with Gasteiger partial charge in [0.1, 0.15) is 0 Å². The fourth-order valence-electron chi connectivity index (χ4n) is 3.07. The molecule has 1 aromatic rings. The number of nitrogens with one attached hydrogen (secondary N) is 1. The fourth-order valence-corrected chi connectivity index (χ4v) is 3.07. The minimum absolute atomic E-state index is 0.116. The van der Waals surface area contributed by atoms with Gasteiger partial charge in [0, 0.05) is 12.1 Å². The number of rotatable bonds is 9. The maximum absolute atomic E-state index is 12.3. The summed E-state index contributed by atoms with van der Waals surface area (Å²) in [5.41, 5.74) is 0.427. The normalized spacial score (nSPS) is 15.6. The van der Waals surface area contributed by atoms with Gasteiger partial charge in [0.15, 0.2) is 11.5 Å². The Bertz CT molecular complexity index is 595. The van der Waals surface area contributed by atoms with Gasteiger partial charge in [0.2, 0.25) is 0 Å². The Labute approximate surface area is 148 Å². The second-order valence-corrected chi connectivity index (χ2v) is 6.42. The number of ether oxygens (including phenoxy) is 2. The third-order valence-electron chi connectivity index (χ3n) is 4.52. The lowest BCUT2D eigenvalue weighted by atomic mass is 10.0. The summed E-state index contributed by atoms with van der Waals surface area (Å²) in [6.45, 7) is 2.04. The lowest BCUT2D eigenvalue weighted by molar-refractivity contribution is -0.141. The maximum Gasteiger partial charge on any atom is 0.308 e. The number of hydrogen-bond acceptors (Lipinski definition) is 4. The largest absolute Gasteiger partial charge is 0.493 e. The molecule has 1 saturated carbocycles. The zero-order chi connectivity index (χ0) is 18.2. The van der Waals surface area contributed by atoms with Crippen molar-refractivity contribution in [1.82, 2.24) is 5.32 Å². The van der Waals surface area contributed by atoms with Gasteiger partial charge in [-0.05, 0) is 50.3 Å². The summed E-state index contributed by atoms with van der Waals surface area (Å²) in [5, 5.41) is 11.8. The van der Waals surface area contributed by atoms with Gasteiger partial charge in [0.05, 0.1) is 19.1 Å². The third kappa shape index (κ3) is 5.37. The zero-order valence-electron chi connectivity index (χ0n) is 14.9. The molecular formula is C19H27NO5. The molecule has 6 nitrogen and oxygen atoms in total. The minimum atomic E-state index is -0.889. The number of carboxylic acid groups (broad SMARTS) is 1. The summed E-state index contributed by atoms with van der Waals surface area (Å²) < 4.78 is 11.3. The monoisotopic (exact) mass is 349 g/mol. The second-order valence-electron chi connectivity index (χ2n) is 6.42. The SMILES string of the molecule is CCCC(CNC(=O)c1ccc(OC2CCCC2)c(OC)c1)C(=O)O. The number of hydrogen-bond donors (Lipinski definition) is 2. The molecule has 6 heteroatoms. The highest BCUT2D eigenvalue weighted by molar-refractivity contribution is 5.95. The van der Waals surface area contributed by atoms with Crippen molar-refractivity contribution in [3.8, 4) is 11.5 Å². The van der Waals surface area contributed by atoms with E-state index < -0.39 is 11.9 Å². The Kier molecular flexibility index (Phi) is 7.10. The first-order chi connectivity index (χ1) is 12.0. The Morgan fingerprint density at radius 2 is 2.00 bits per heavy atom. The molecule has 1 aliphatic carbocycles. The first-order valence-electron chi connectivity index (χ1n) is 8.90. The molecule has 25 heavy (non-hydrogen) atoms. The van der Waals surface area contributed by atoms with Crippen molar-refractivity contribution in [3.63, 3.8) is 0 Å². The van der Waals surface area contributed by atoms with Crippen molar-refractivity contribution >= 4 is 11.9 Å². The van der Waals surface area contributed by atoms with Crippen LogP contribution in [0, 0.1) is 5.92 Å². The van der Waals surface area contributed by atoms with Gasteiger partial charge in [-0.2, -0.15) is 0 Å². The van der Waals surface area contributed by atoms with E-state index in [1.165, 1.54) is 12.8 Å². The molecule has 138 valence electrons. The summed E-state index contributed by atoms with van der Waals surface area (Å²) >= 11 is 0. The molecule has 1 atom stereocenters. The fraction of sp³-hybridized carbons (Fsp3) is 0.579. The molecule has 0 saturated heterocycles. The molecule has 1 fully saturated rings. The molecule has 0 aliphatic heterocycles. The van der Waals surface area contributed by atoms with Crippen molar-refractivity contribution in [2.45, 2.75) is 51.6 Å². The first kappa shape index (κ1) is 19.1. The molecule has 1 unspecified atom stereocenters. The number of methoxy groups -OCH3 is 1. The molecular weight excluding hydrogens is 322 g/mol. The Morgan fingerprint density at radius 3 is 2.60 bits per heavy atom. The first-order valence-corrected chi connectivity index (χ1v) is 8.90. The van der Waals surface area contributed by atoms with Gasteiger partial charge >= 0.3 is 5.97 Å². The molecule has 1 amide bonds. The van der Waals surface area contributed by atoms with Crippen LogP contribution in [0.3, 0.4) is 0 Å². The van der Waals surface area contributed by atoms with E-state index in [1.54, 1.807) is 25.3 Å².